The van der Waals surface area contributed by atoms with Crippen molar-refractivity contribution < 1.29 is 9.53 Å². The Morgan fingerprint density at radius 2 is 2.30 bits per heavy atom. The molecule has 0 bridgehead atoms. The van der Waals surface area contributed by atoms with Gasteiger partial charge in [0, 0.05) is 24.7 Å². The molecule has 3 aromatic rings. The molecule has 1 atom stereocenters. The van der Waals surface area contributed by atoms with Gasteiger partial charge in [0.1, 0.15) is 12.2 Å². The number of carbonyl (C=O) groups is 1. The van der Waals surface area contributed by atoms with Gasteiger partial charge in [0.2, 0.25) is 5.91 Å². The van der Waals surface area contributed by atoms with E-state index in [1.54, 1.807) is 24.6 Å². The first-order chi connectivity index (χ1) is 11.2. The maximum atomic E-state index is 12.3. The highest BCUT2D eigenvalue weighted by Crippen LogP contribution is 2.30. The molecule has 120 valence electrons. The number of amides is 1. The molecule has 0 aliphatic carbocycles. The molecule has 0 aromatic carbocycles. The van der Waals surface area contributed by atoms with Gasteiger partial charge in [-0.1, -0.05) is 6.07 Å². The highest BCUT2D eigenvalue weighted by atomic mass is 32.1. The summed E-state index contributed by atoms with van der Waals surface area (Å²) in [5.74, 6) is -0.0458. The molecule has 3 rings (SSSR count). The van der Waals surface area contributed by atoms with Crippen molar-refractivity contribution in [3.63, 3.8) is 0 Å². The van der Waals surface area contributed by atoms with Gasteiger partial charge < -0.3 is 14.6 Å². The zero-order valence-corrected chi connectivity index (χ0v) is 14.0. The monoisotopic (exact) mass is 329 g/mol. The van der Waals surface area contributed by atoms with Crippen molar-refractivity contribution >= 4 is 28.3 Å². The highest BCUT2D eigenvalue weighted by molar-refractivity contribution is 7.13. The number of methoxy groups -OCH3 is 1. The quantitative estimate of drug-likeness (QED) is 0.756. The Bertz CT molecular complexity index is 795. The van der Waals surface area contributed by atoms with Gasteiger partial charge in [-0.15, -0.1) is 11.3 Å². The Kier molecular flexibility index (Phi) is 4.73. The molecule has 0 fully saturated rings. The van der Waals surface area contributed by atoms with Gasteiger partial charge in [0.25, 0.3) is 0 Å². The summed E-state index contributed by atoms with van der Waals surface area (Å²) in [7, 11) is 1.63. The van der Waals surface area contributed by atoms with E-state index in [1.807, 2.05) is 35.1 Å². The molecule has 0 aliphatic heterocycles. The molecule has 0 spiro atoms. The summed E-state index contributed by atoms with van der Waals surface area (Å²) in [5.41, 5.74) is 1.84. The largest absolute Gasteiger partial charge is 0.383 e. The van der Waals surface area contributed by atoms with Crippen LogP contribution in [-0.4, -0.2) is 35.2 Å². The number of hydrogen-bond acceptors (Lipinski definition) is 4. The summed E-state index contributed by atoms with van der Waals surface area (Å²) in [4.78, 5) is 17.9. The van der Waals surface area contributed by atoms with Crippen molar-refractivity contribution in [3.8, 4) is 10.6 Å². The number of nitrogens with one attached hydrogen (secondary N) is 1. The average Bonchev–Trinajstić information content (AvgIpc) is 3.15. The fourth-order valence-corrected chi connectivity index (χ4v) is 3.38. The summed E-state index contributed by atoms with van der Waals surface area (Å²) >= 11 is 1.65. The van der Waals surface area contributed by atoms with Crippen LogP contribution in [0, 0.1) is 0 Å². The number of carbonyl (C=O) groups excluding carboxylic acids is 1. The summed E-state index contributed by atoms with van der Waals surface area (Å²) in [6, 6.07) is 10.1. The number of nitrogens with zero attached hydrogens (tertiary/aromatic N) is 2. The lowest BCUT2D eigenvalue weighted by atomic mass is 10.3. The number of hydrogen-bond donors (Lipinski definition) is 1. The first kappa shape index (κ1) is 15.7. The molecular formula is C17H19N3O2S. The van der Waals surface area contributed by atoms with Crippen LogP contribution in [0.3, 0.4) is 0 Å². The molecule has 0 saturated carbocycles. The summed E-state index contributed by atoms with van der Waals surface area (Å²) < 4.78 is 7.03. The van der Waals surface area contributed by atoms with E-state index >= 15 is 0 Å². The third kappa shape index (κ3) is 3.43. The Labute approximate surface area is 138 Å². The fraction of sp³-hybridized carbons (Fsp3) is 0.294. The third-order valence-corrected chi connectivity index (χ3v) is 4.45. The van der Waals surface area contributed by atoms with E-state index in [2.05, 4.69) is 22.4 Å². The number of aromatic nitrogens is 2. The molecule has 0 aliphatic rings. The average molecular weight is 329 g/mol. The van der Waals surface area contributed by atoms with E-state index in [-0.39, 0.29) is 18.5 Å². The topological polar surface area (TPSA) is 56.1 Å². The van der Waals surface area contributed by atoms with E-state index in [1.165, 1.54) is 0 Å². The Morgan fingerprint density at radius 3 is 3.04 bits per heavy atom. The van der Waals surface area contributed by atoms with Crippen molar-refractivity contribution in [2.45, 2.75) is 19.5 Å². The van der Waals surface area contributed by atoms with Crippen LogP contribution in [0.4, 0.5) is 0 Å². The maximum absolute atomic E-state index is 12.3. The molecule has 0 saturated heterocycles. The molecule has 3 aromatic heterocycles. The second-order valence-corrected chi connectivity index (χ2v) is 6.38. The molecule has 3 heterocycles. The van der Waals surface area contributed by atoms with Crippen molar-refractivity contribution in [3.05, 3.63) is 41.9 Å². The van der Waals surface area contributed by atoms with E-state index in [0.29, 0.717) is 6.61 Å². The molecule has 1 N–H and O–H groups in total. The van der Waals surface area contributed by atoms with Gasteiger partial charge >= 0.3 is 0 Å². The van der Waals surface area contributed by atoms with Crippen molar-refractivity contribution in [2.75, 3.05) is 13.7 Å². The smallest absolute Gasteiger partial charge is 0.240 e. The van der Waals surface area contributed by atoms with Crippen LogP contribution in [0.2, 0.25) is 0 Å². The first-order valence-corrected chi connectivity index (χ1v) is 8.33. The van der Waals surface area contributed by atoms with E-state index in [9.17, 15) is 4.79 Å². The third-order valence-electron chi connectivity index (χ3n) is 3.55. The SMILES string of the molecule is COCC(C)NC(=O)Cn1c(-c2cccs2)cc2cccnc21. The Morgan fingerprint density at radius 1 is 1.43 bits per heavy atom. The molecule has 1 amide bonds. The van der Waals surface area contributed by atoms with Crippen LogP contribution in [0.5, 0.6) is 0 Å². The van der Waals surface area contributed by atoms with Crippen LogP contribution >= 0.6 is 11.3 Å². The van der Waals surface area contributed by atoms with Gasteiger partial charge in [0.05, 0.1) is 17.2 Å². The molecule has 23 heavy (non-hydrogen) atoms. The fourth-order valence-electron chi connectivity index (χ4n) is 2.63. The van der Waals surface area contributed by atoms with Crippen molar-refractivity contribution in [1.82, 2.24) is 14.9 Å². The van der Waals surface area contributed by atoms with Gasteiger partial charge in [-0.05, 0) is 36.6 Å². The number of fused-ring (bicyclic) bond motifs is 1. The molecule has 1 unspecified atom stereocenters. The molecular weight excluding hydrogens is 310 g/mol. The lowest BCUT2D eigenvalue weighted by Gasteiger charge is -2.14. The van der Waals surface area contributed by atoms with Crippen molar-refractivity contribution in [1.29, 1.82) is 0 Å². The van der Waals surface area contributed by atoms with Gasteiger partial charge in [-0.3, -0.25) is 4.79 Å². The zero-order valence-electron chi connectivity index (χ0n) is 13.2. The minimum atomic E-state index is -0.0458. The zero-order chi connectivity index (χ0) is 16.2. The number of thiophene rings is 1. The minimum Gasteiger partial charge on any atom is -0.383 e. The van der Waals surface area contributed by atoms with Gasteiger partial charge in [-0.2, -0.15) is 0 Å². The van der Waals surface area contributed by atoms with Gasteiger partial charge in [0.15, 0.2) is 0 Å². The summed E-state index contributed by atoms with van der Waals surface area (Å²) in [5, 5.41) is 6.02. The molecule has 5 nitrogen and oxygen atoms in total. The van der Waals surface area contributed by atoms with Crippen LogP contribution in [0.15, 0.2) is 41.9 Å². The Balaban J connectivity index is 1.92. The highest BCUT2D eigenvalue weighted by Gasteiger charge is 2.16. The number of pyridine rings is 1. The van der Waals surface area contributed by atoms with E-state index < -0.39 is 0 Å². The second kappa shape index (κ2) is 6.93. The van der Waals surface area contributed by atoms with Crippen LogP contribution in [0.1, 0.15) is 6.92 Å². The summed E-state index contributed by atoms with van der Waals surface area (Å²) in [6.07, 6.45) is 1.75. The molecule has 6 heteroatoms. The minimum absolute atomic E-state index is 0.0209. The number of ether oxygens (including phenoxy) is 1. The normalized spacial score (nSPS) is 12.4. The van der Waals surface area contributed by atoms with E-state index in [4.69, 9.17) is 4.74 Å². The number of rotatable bonds is 6. The van der Waals surface area contributed by atoms with Gasteiger partial charge in [-0.25, -0.2) is 4.98 Å². The second-order valence-electron chi connectivity index (χ2n) is 5.43. The lowest BCUT2D eigenvalue weighted by molar-refractivity contribution is -0.122. The van der Waals surface area contributed by atoms with Crippen LogP contribution in [-0.2, 0) is 16.1 Å². The Hall–Kier alpha value is -2.18. The summed E-state index contributed by atoms with van der Waals surface area (Å²) in [6.45, 7) is 2.66. The predicted octanol–water partition coefficient (Wildman–Crippen LogP) is 2.92. The standard InChI is InChI=1S/C17H19N3O2S/c1-12(11-22-2)19-16(21)10-20-14(15-6-4-8-23-15)9-13-5-3-7-18-17(13)20/h3-9,12H,10-11H2,1-2H3,(H,19,21). The predicted molar refractivity (Wildman–Crippen MR) is 92.5 cm³/mol. The lowest BCUT2D eigenvalue weighted by Crippen LogP contribution is -2.37. The molecule has 0 radical (unpaired) electrons. The van der Waals surface area contributed by atoms with Crippen LogP contribution in [0.25, 0.3) is 21.6 Å². The van der Waals surface area contributed by atoms with Crippen LogP contribution < -0.4 is 5.32 Å². The first-order valence-electron chi connectivity index (χ1n) is 7.45. The maximum Gasteiger partial charge on any atom is 0.240 e. The van der Waals surface area contributed by atoms with E-state index in [0.717, 1.165) is 21.6 Å². The van der Waals surface area contributed by atoms with Crippen molar-refractivity contribution in [2.24, 2.45) is 0 Å².